The van der Waals surface area contributed by atoms with Crippen LogP contribution in [0, 0.1) is 0 Å². The number of hydrogen-bond acceptors (Lipinski definition) is 4. The van der Waals surface area contributed by atoms with Crippen molar-refractivity contribution in [1.82, 2.24) is 0 Å². The quantitative estimate of drug-likeness (QED) is 0.575. The molecule has 0 spiro atoms. The second-order valence-corrected chi connectivity index (χ2v) is 3.01. The lowest BCUT2D eigenvalue weighted by atomic mass is 10.1. The normalized spacial score (nSPS) is 9.57. The molecular formula is C9H8O4S. The lowest BCUT2D eigenvalue weighted by Crippen LogP contribution is -2.05. The Morgan fingerprint density at radius 2 is 2.07 bits per heavy atom. The summed E-state index contributed by atoms with van der Waals surface area (Å²) in [5.41, 5.74) is 0.180. The maximum atomic E-state index is 11.1. The summed E-state index contributed by atoms with van der Waals surface area (Å²) in [6.45, 7) is 0. The van der Waals surface area contributed by atoms with Crippen molar-refractivity contribution in [1.29, 1.82) is 0 Å². The molecule has 0 fully saturated rings. The molecule has 14 heavy (non-hydrogen) atoms. The van der Waals surface area contributed by atoms with Gasteiger partial charge in [-0.25, -0.2) is 9.59 Å². The molecule has 1 aromatic rings. The minimum absolute atomic E-state index is 0.0307. The van der Waals surface area contributed by atoms with Crippen molar-refractivity contribution in [3.63, 3.8) is 0 Å². The molecule has 0 saturated heterocycles. The molecule has 74 valence electrons. The Bertz CT molecular complexity index is 386. The van der Waals surface area contributed by atoms with Gasteiger partial charge >= 0.3 is 11.9 Å². The van der Waals surface area contributed by atoms with Gasteiger partial charge in [0.2, 0.25) is 0 Å². The van der Waals surface area contributed by atoms with Crippen LogP contribution in [0.2, 0.25) is 0 Å². The number of carboxylic acid groups (broad SMARTS) is 1. The molecule has 1 N–H and O–H groups in total. The van der Waals surface area contributed by atoms with Gasteiger partial charge in [-0.05, 0) is 18.2 Å². The Labute approximate surface area is 85.9 Å². The van der Waals surface area contributed by atoms with Crippen molar-refractivity contribution >= 4 is 24.6 Å². The number of esters is 1. The molecule has 0 saturated carbocycles. The summed E-state index contributed by atoms with van der Waals surface area (Å²) in [6, 6.07) is 4.05. The Morgan fingerprint density at radius 3 is 2.57 bits per heavy atom. The Balaban J connectivity index is 3.21. The van der Waals surface area contributed by atoms with Gasteiger partial charge in [-0.1, -0.05) is 0 Å². The Kier molecular flexibility index (Phi) is 3.14. The number of hydrogen-bond donors (Lipinski definition) is 2. The van der Waals surface area contributed by atoms with Crippen LogP contribution in [0.1, 0.15) is 20.7 Å². The van der Waals surface area contributed by atoms with E-state index in [-0.39, 0.29) is 11.1 Å². The summed E-state index contributed by atoms with van der Waals surface area (Å²) < 4.78 is 4.47. The number of rotatable bonds is 2. The largest absolute Gasteiger partial charge is 0.478 e. The highest BCUT2D eigenvalue weighted by Crippen LogP contribution is 2.16. The fraction of sp³-hybridized carbons (Fsp3) is 0.111. The molecule has 1 aromatic carbocycles. The average Bonchev–Trinajstić information content (AvgIpc) is 2.17. The first-order valence-electron chi connectivity index (χ1n) is 3.71. The Hall–Kier alpha value is -1.49. The summed E-state index contributed by atoms with van der Waals surface area (Å²) in [5, 5.41) is 8.68. The lowest BCUT2D eigenvalue weighted by molar-refractivity contribution is 0.0597. The highest BCUT2D eigenvalue weighted by molar-refractivity contribution is 7.80. The minimum Gasteiger partial charge on any atom is -0.478 e. The molecule has 5 heteroatoms. The number of carbonyl (C=O) groups excluding carboxylic acids is 1. The summed E-state index contributed by atoms with van der Waals surface area (Å²) >= 11 is 4.01. The minimum atomic E-state index is -1.09. The predicted octanol–water partition coefficient (Wildman–Crippen LogP) is 1.46. The van der Waals surface area contributed by atoms with E-state index in [1.54, 1.807) is 0 Å². The molecule has 4 nitrogen and oxygen atoms in total. The fourth-order valence-electron chi connectivity index (χ4n) is 0.943. The van der Waals surface area contributed by atoms with Crippen molar-refractivity contribution in [3.8, 4) is 0 Å². The first-order chi connectivity index (χ1) is 6.56. The van der Waals surface area contributed by atoms with Crippen LogP contribution in [-0.2, 0) is 4.74 Å². The van der Waals surface area contributed by atoms with E-state index < -0.39 is 11.9 Å². The van der Waals surface area contributed by atoms with Gasteiger partial charge in [-0.15, -0.1) is 12.6 Å². The Morgan fingerprint density at radius 1 is 1.43 bits per heavy atom. The summed E-state index contributed by atoms with van der Waals surface area (Å²) in [4.78, 5) is 22.1. The van der Waals surface area contributed by atoms with Crippen molar-refractivity contribution < 1.29 is 19.4 Å². The van der Waals surface area contributed by atoms with Gasteiger partial charge in [0.25, 0.3) is 0 Å². The van der Waals surface area contributed by atoms with Crippen LogP contribution >= 0.6 is 12.6 Å². The molecule has 0 amide bonds. The van der Waals surface area contributed by atoms with Gasteiger partial charge < -0.3 is 9.84 Å². The van der Waals surface area contributed by atoms with E-state index in [1.807, 2.05) is 0 Å². The molecule has 0 aliphatic heterocycles. The van der Waals surface area contributed by atoms with Gasteiger partial charge in [-0.2, -0.15) is 0 Å². The number of benzene rings is 1. The maximum absolute atomic E-state index is 11.1. The van der Waals surface area contributed by atoms with E-state index in [4.69, 9.17) is 5.11 Å². The fourth-order valence-corrected chi connectivity index (χ4v) is 1.17. The van der Waals surface area contributed by atoms with Crippen molar-refractivity contribution in [2.75, 3.05) is 7.11 Å². The molecule has 1 rings (SSSR count). The van der Waals surface area contributed by atoms with Gasteiger partial charge in [0.05, 0.1) is 18.2 Å². The van der Waals surface area contributed by atoms with Crippen LogP contribution < -0.4 is 0 Å². The molecule has 0 heterocycles. The first kappa shape index (κ1) is 10.6. The third kappa shape index (κ3) is 2.05. The first-order valence-corrected chi connectivity index (χ1v) is 4.15. The van der Waals surface area contributed by atoms with Crippen molar-refractivity contribution in [2.24, 2.45) is 0 Å². The van der Waals surface area contributed by atoms with Gasteiger partial charge in [0.15, 0.2) is 0 Å². The van der Waals surface area contributed by atoms with Crippen LogP contribution in [-0.4, -0.2) is 24.2 Å². The van der Waals surface area contributed by atoms with Crippen LogP contribution in [0.5, 0.6) is 0 Å². The maximum Gasteiger partial charge on any atom is 0.339 e. The van der Waals surface area contributed by atoms with E-state index in [2.05, 4.69) is 17.4 Å². The van der Waals surface area contributed by atoms with E-state index in [0.29, 0.717) is 4.90 Å². The smallest absolute Gasteiger partial charge is 0.339 e. The third-order valence-corrected chi connectivity index (χ3v) is 2.04. The molecule has 0 aliphatic rings. The predicted molar refractivity (Wildman–Crippen MR) is 52.0 cm³/mol. The highest BCUT2D eigenvalue weighted by Gasteiger charge is 2.12. The third-order valence-electron chi connectivity index (χ3n) is 1.65. The zero-order valence-corrected chi connectivity index (χ0v) is 8.25. The second-order valence-electron chi connectivity index (χ2n) is 2.53. The van der Waals surface area contributed by atoms with Crippen LogP contribution in [0.15, 0.2) is 23.1 Å². The summed E-state index contributed by atoms with van der Waals surface area (Å²) in [6.07, 6.45) is 0. The van der Waals surface area contributed by atoms with Crippen LogP contribution in [0.25, 0.3) is 0 Å². The molecule has 0 radical (unpaired) electrons. The van der Waals surface area contributed by atoms with E-state index >= 15 is 0 Å². The molecule has 0 aromatic heterocycles. The molecule has 0 aliphatic carbocycles. The van der Waals surface area contributed by atoms with E-state index in [1.165, 1.54) is 25.3 Å². The number of methoxy groups -OCH3 is 1. The van der Waals surface area contributed by atoms with Crippen molar-refractivity contribution in [3.05, 3.63) is 29.3 Å². The standard InChI is InChI=1S/C9H8O4S/c1-13-9(12)6-4-5(8(10)11)2-3-7(6)14/h2-4,14H,1H3,(H,10,11). The molecule has 0 bridgehead atoms. The van der Waals surface area contributed by atoms with Crippen LogP contribution in [0.4, 0.5) is 0 Å². The van der Waals surface area contributed by atoms with Gasteiger partial charge in [0.1, 0.15) is 0 Å². The van der Waals surface area contributed by atoms with E-state index in [0.717, 1.165) is 0 Å². The van der Waals surface area contributed by atoms with Gasteiger partial charge in [0, 0.05) is 4.90 Å². The number of ether oxygens (including phenoxy) is 1. The highest BCUT2D eigenvalue weighted by atomic mass is 32.1. The molecular weight excluding hydrogens is 204 g/mol. The second kappa shape index (κ2) is 4.15. The number of aromatic carboxylic acids is 1. The van der Waals surface area contributed by atoms with Crippen molar-refractivity contribution in [2.45, 2.75) is 4.90 Å². The summed E-state index contributed by atoms with van der Waals surface area (Å²) in [5.74, 6) is -1.69. The number of thiol groups is 1. The topological polar surface area (TPSA) is 63.6 Å². The number of carboxylic acids is 1. The average molecular weight is 212 g/mol. The zero-order chi connectivity index (χ0) is 10.7. The monoisotopic (exact) mass is 212 g/mol. The lowest BCUT2D eigenvalue weighted by Gasteiger charge is -2.03. The van der Waals surface area contributed by atoms with Gasteiger partial charge in [-0.3, -0.25) is 0 Å². The number of carbonyl (C=O) groups is 2. The van der Waals surface area contributed by atoms with E-state index in [9.17, 15) is 9.59 Å². The summed E-state index contributed by atoms with van der Waals surface area (Å²) in [7, 11) is 1.23. The SMILES string of the molecule is COC(=O)c1cc(C(=O)O)ccc1S. The van der Waals surface area contributed by atoms with Crippen LogP contribution in [0.3, 0.4) is 0 Å². The zero-order valence-electron chi connectivity index (χ0n) is 7.35. The molecule has 0 atom stereocenters. The molecule has 0 unspecified atom stereocenters.